The lowest BCUT2D eigenvalue weighted by atomic mass is 10.5. The molecule has 2 aromatic heterocycles. The summed E-state index contributed by atoms with van der Waals surface area (Å²) >= 11 is 0. The summed E-state index contributed by atoms with van der Waals surface area (Å²) in [5.41, 5.74) is 11.7. The van der Waals surface area contributed by atoms with Crippen molar-refractivity contribution in [3.8, 4) is 0 Å². The summed E-state index contributed by atoms with van der Waals surface area (Å²) in [5.74, 6) is 0.557. The van der Waals surface area contributed by atoms with Gasteiger partial charge in [0.1, 0.15) is 6.26 Å². The van der Waals surface area contributed by atoms with Gasteiger partial charge >= 0.3 is 0 Å². The molecule has 0 radical (unpaired) electrons. The van der Waals surface area contributed by atoms with Crippen molar-refractivity contribution in [2.24, 2.45) is 0 Å². The average molecular weight is 206 g/mol. The quantitative estimate of drug-likeness (QED) is 0.732. The lowest BCUT2D eigenvalue weighted by molar-refractivity contribution is 0.567. The van der Waals surface area contributed by atoms with Crippen LogP contribution in [0.3, 0.4) is 0 Å². The van der Waals surface area contributed by atoms with Gasteiger partial charge in [0, 0.05) is 13.1 Å². The molecule has 0 aromatic carbocycles. The van der Waals surface area contributed by atoms with Gasteiger partial charge < -0.3 is 20.8 Å². The Kier molecular flexibility index (Phi) is 2.13. The number of hydrogen-bond donors (Lipinski definition) is 2. The summed E-state index contributed by atoms with van der Waals surface area (Å²) in [7, 11) is 1.78. The maximum Gasteiger partial charge on any atom is 0.236 e. The first-order valence-electron chi connectivity index (χ1n) is 4.20. The monoisotopic (exact) mass is 206 g/mol. The molecule has 15 heavy (non-hydrogen) atoms. The van der Waals surface area contributed by atoms with E-state index in [9.17, 15) is 0 Å². The number of furan rings is 1. The van der Waals surface area contributed by atoms with E-state index < -0.39 is 0 Å². The zero-order chi connectivity index (χ0) is 10.8. The number of nitrogen functional groups attached to an aromatic ring is 2. The second kappa shape index (κ2) is 3.45. The molecule has 0 spiro atoms. The Labute approximate surface area is 85.7 Å². The fourth-order valence-electron chi connectivity index (χ4n) is 1.11. The van der Waals surface area contributed by atoms with Crippen LogP contribution in [0.4, 0.5) is 23.5 Å². The van der Waals surface area contributed by atoms with Crippen molar-refractivity contribution < 1.29 is 4.42 Å². The van der Waals surface area contributed by atoms with Crippen molar-refractivity contribution in [3.63, 3.8) is 0 Å². The molecule has 7 nitrogen and oxygen atoms in total. The van der Waals surface area contributed by atoms with Gasteiger partial charge in [-0.1, -0.05) is 0 Å². The van der Waals surface area contributed by atoms with E-state index in [1.807, 2.05) is 0 Å². The Morgan fingerprint density at radius 3 is 2.40 bits per heavy atom. The number of anilines is 4. The number of nitrogens with two attached hydrogens (primary N) is 2. The van der Waals surface area contributed by atoms with Crippen molar-refractivity contribution in [2.45, 2.75) is 0 Å². The molecule has 4 N–H and O–H groups in total. The standard InChI is InChI=1S/C8H10N6O/c1-14(5-2-3-15-4-5)8-12-6(9)11-7(10)13-8/h2-4H,1H3,(H4,9,10,11,12,13). The third-order valence-corrected chi connectivity index (χ3v) is 1.85. The van der Waals surface area contributed by atoms with Gasteiger partial charge in [0.25, 0.3) is 0 Å². The molecule has 0 bridgehead atoms. The number of rotatable bonds is 2. The molecule has 2 rings (SSSR count). The first-order valence-corrected chi connectivity index (χ1v) is 4.20. The van der Waals surface area contributed by atoms with Crippen molar-refractivity contribution in [3.05, 3.63) is 18.6 Å². The summed E-state index contributed by atoms with van der Waals surface area (Å²) in [6, 6.07) is 1.77. The topological polar surface area (TPSA) is 107 Å². The van der Waals surface area contributed by atoms with Gasteiger partial charge in [0.15, 0.2) is 0 Å². The minimum Gasteiger partial charge on any atom is -0.470 e. The Bertz CT molecular complexity index is 434. The molecular formula is C8H10N6O. The summed E-state index contributed by atoms with van der Waals surface area (Å²) in [4.78, 5) is 13.3. The van der Waals surface area contributed by atoms with Crippen LogP contribution in [0.15, 0.2) is 23.0 Å². The molecule has 0 fully saturated rings. The Morgan fingerprint density at radius 2 is 1.87 bits per heavy atom. The summed E-state index contributed by atoms with van der Waals surface area (Å²) in [5, 5.41) is 0. The van der Waals surface area contributed by atoms with Crippen LogP contribution in [-0.4, -0.2) is 22.0 Å². The van der Waals surface area contributed by atoms with Gasteiger partial charge in [-0.2, -0.15) is 15.0 Å². The second-order valence-electron chi connectivity index (χ2n) is 2.89. The molecule has 0 aliphatic heterocycles. The average Bonchev–Trinajstić information content (AvgIpc) is 2.67. The normalized spacial score (nSPS) is 10.2. The molecule has 0 atom stereocenters. The van der Waals surface area contributed by atoms with E-state index in [1.54, 1.807) is 30.5 Å². The molecule has 0 unspecified atom stereocenters. The van der Waals surface area contributed by atoms with Crippen molar-refractivity contribution in [2.75, 3.05) is 23.4 Å². The molecule has 0 saturated heterocycles. The fourth-order valence-corrected chi connectivity index (χ4v) is 1.11. The summed E-state index contributed by atoms with van der Waals surface area (Å²) < 4.78 is 4.94. The first kappa shape index (κ1) is 9.25. The summed E-state index contributed by atoms with van der Waals surface area (Å²) in [6.45, 7) is 0. The predicted octanol–water partition coefficient (Wildman–Crippen LogP) is 0.397. The third-order valence-electron chi connectivity index (χ3n) is 1.85. The highest BCUT2D eigenvalue weighted by Crippen LogP contribution is 2.20. The first-order chi connectivity index (χ1) is 7.16. The lowest BCUT2D eigenvalue weighted by Crippen LogP contribution is -2.15. The highest BCUT2D eigenvalue weighted by molar-refractivity contribution is 5.55. The van der Waals surface area contributed by atoms with E-state index in [-0.39, 0.29) is 11.9 Å². The van der Waals surface area contributed by atoms with Gasteiger partial charge in [-0.3, -0.25) is 0 Å². The molecule has 2 aromatic rings. The van der Waals surface area contributed by atoms with Gasteiger partial charge in [-0.05, 0) is 0 Å². The molecule has 0 saturated carbocycles. The Balaban J connectivity index is 2.37. The van der Waals surface area contributed by atoms with Crippen LogP contribution >= 0.6 is 0 Å². The van der Waals surface area contributed by atoms with E-state index in [1.165, 1.54) is 0 Å². The SMILES string of the molecule is CN(c1ccoc1)c1nc(N)nc(N)n1. The molecule has 0 amide bonds. The number of aromatic nitrogens is 3. The second-order valence-corrected chi connectivity index (χ2v) is 2.89. The highest BCUT2D eigenvalue weighted by Gasteiger charge is 2.10. The van der Waals surface area contributed by atoms with Crippen LogP contribution in [0.2, 0.25) is 0 Å². The van der Waals surface area contributed by atoms with Crippen LogP contribution in [0, 0.1) is 0 Å². The van der Waals surface area contributed by atoms with E-state index in [0.717, 1.165) is 5.69 Å². The maximum atomic E-state index is 5.46. The van der Waals surface area contributed by atoms with Gasteiger partial charge in [-0.15, -0.1) is 0 Å². The van der Waals surface area contributed by atoms with Crippen LogP contribution in [0.5, 0.6) is 0 Å². The zero-order valence-electron chi connectivity index (χ0n) is 8.08. The number of nitrogens with zero attached hydrogens (tertiary/aromatic N) is 4. The Hall–Kier alpha value is -2.31. The fraction of sp³-hybridized carbons (Fsp3) is 0.125. The molecule has 0 aliphatic rings. The predicted molar refractivity (Wildman–Crippen MR) is 55.4 cm³/mol. The van der Waals surface area contributed by atoms with E-state index in [4.69, 9.17) is 15.9 Å². The van der Waals surface area contributed by atoms with Crippen LogP contribution in [0.25, 0.3) is 0 Å². The zero-order valence-corrected chi connectivity index (χ0v) is 8.08. The molecule has 0 aliphatic carbocycles. The van der Waals surface area contributed by atoms with Gasteiger partial charge in [0.2, 0.25) is 17.8 Å². The van der Waals surface area contributed by atoms with E-state index >= 15 is 0 Å². The minimum absolute atomic E-state index is 0.0906. The van der Waals surface area contributed by atoms with Crippen LogP contribution in [0.1, 0.15) is 0 Å². The van der Waals surface area contributed by atoms with Crippen LogP contribution in [-0.2, 0) is 0 Å². The highest BCUT2D eigenvalue weighted by atomic mass is 16.3. The largest absolute Gasteiger partial charge is 0.470 e. The van der Waals surface area contributed by atoms with Gasteiger partial charge in [0.05, 0.1) is 12.0 Å². The summed E-state index contributed by atoms with van der Waals surface area (Å²) in [6.07, 6.45) is 3.12. The minimum atomic E-state index is 0.0906. The maximum absolute atomic E-state index is 5.46. The Morgan fingerprint density at radius 1 is 1.20 bits per heavy atom. The molecular weight excluding hydrogens is 196 g/mol. The molecule has 7 heteroatoms. The molecule has 78 valence electrons. The van der Waals surface area contributed by atoms with E-state index in [0.29, 0.717) is 5.95 Å². The van der Waals surface area contributed by atoms with Crippen molar-refractivity contribution in [1.82, 2.24) is 15.0 Å². The van der Waals surface area contributed by atoms with Crippen molar-refractivity contribution >= 4 is 23.5 Å². The lowest BCUT2D eigenvalue weighted by Gasteiger charge is -2.14. The smallest absolute Gasteiger partial charge is 0.236 e. The van der Waals surface area contributed by atoms with Crippen LogP contribution < -0.4 is 16.4 Å². The van der Waals surface area contributed by atoms with Gasteiger partial charge in [-0.25, -0.2) is 0 Å². The number of hydrogen-bond acceptors (Lipinski definition) is 7. The third kappa shape index (κ3) is 1.80. The van der Waals surface area contributed by atoms with E-state index in [2.05, 4.69) is 15.0 Å². The molecule has 2 heterocycles. The van der Waals surface area contributed by atoms with Crippen molar-refractivity contribution in [1.29, 1.82) is 0 Å².